The van der Waals surface area contributed by atoms with E-state index >= 15 is 0 Å². The Morgan fingerprint density at radius 2 is 1.67 bits per heavy atom. The number of aromatic amines is 2. The second kappa shape index (κ2) is 11.2. The molecule has 1 aliphatic rings. The first kappa shape index (κ1) is 27.9. The highest BCUT2D eigenvalue weighted by Crippen LogP contribution is 2.35. The smallest absolute Gasteiger partial charge is 0.340 e. The quantitative estimate of drug-likeness (QED) is 0.243. The van der Waals surface area contributed by atoms with Crippen LogP contribution in [-0.4, -0.2) is 66.3 Å². The van der Waals surface area contributed by atoms with Gasteiger partial charge in [0, 0.05) is 42.6 Å². The number of carbonyl (C=O) groups excluding carboxylic acids is 1. The van der Waals surface area contributed by atoms with E-state index in [1.807, 2.05) is 43.3 Å². The molecule has 1 saturated heterocycles. The fourth-order valence-electron chi connectivity index (χ4n) is 5.68. The van der Waals surface area contributed by atoms with Crippen LogP contribution in [0.2, 0.25) is 0 Å². The van der Waals surface area contributed by atoms with Crippen molar-refractivity contribution in [1.29, 1.82) is 0 Å². The number of H-pyrrole nitrogens is 2. The number of fused-ring (bicyclic) bond motifs is 3. The largest absolute Gasteiger partial charge is 0.462 e. The predicted molar refractivity (Wildman–Crippen MR) is 162 cm³/mol. The van der Waals surface area contributed by atoms with Gasteiger partial charge in [0.05, 0.1) is 29.1 Å². The number of ether oxygens (including phenoxy) is 1. The summed E-state index contributed by atoms with van der Waals surface area (Å²) in [7, 11) is -2.28. The summed E-state index contributed by atoms with van der Waals surface area (Å²) in [6.45, 7) is 3.27. The number of likely N-dealkylation sites (tertiary alicyclic amines) is 1. The molecule has 10 heteroatoms. The van der Waals surface area contributed by atoms with Crippen molar-refractivity contribution in [2.24, 2.45) is 0 Å². The second-order valence-corrected chi connectivity index (χ2v) is 12.6. The molecule has 0 radical (unpaired) electrons. The Morgan fingerprint density at radius 3 is 2.29 bits per heavy atom. The van der Waals surface area contributed by atoms with Gasteiger partial charge in [0.25, 0.3) is 5.56 Å². The molecule has 42 heavy (non-hydrogen) atoms. The third kappa shape index (κ3) is 4.91. The number of aromatic nitrogens is 2. The van der Waals surface area contributed by atoms with Crippen LogP contribution in [0.4, 0.5) is 0 Å². The van der Waals surface area contributed by atoms with Gasteiger partial charge in [-0.25, -0.2) is 13.2 Å². The van der Waals surface area contributed by atoms with Gasteiger partial charge in [-0.15, -0.1) is 0 Å². The Bertz CT molecular complexity index is 1870. The van der Waals surface area contributed by atoms with Crippen molar-refractivity contribution in [3.05, 3.63) is 112 Å². The summed E-state index contributed by atoms with van der Waals surface area (Å²) in [4.78, 5) is 33.5. The van der Waals surface area contributed by atoms with Crippen LogP contribution in [0.1, 0.15) is 40.9 Å². The van der Waals surface area contributed by atoms with Crippen LogP contribution >= 0.6 is 0 Å². The van der Waals surface area contributed by atoms with E-state index in [1.54, 1.807) is 13.1 Å². The van der Waals surface area contributed by atoms with Gasteiger partial charge in [-0.3, -0.25) is 9.69 Å². The fraction of sp³-hybridized carbons (Fsp3) is 0.250. The number of esters is 1. The van der Waals surface area contributed by atoms with Crippen molar-refractivity contribution in [3.8, 4) is 0 Å². The minimum absolute atomic E-state index is 0.0185. The van der Waals surface area contributed by atoms with Gasteiger partial charge in [0.1, 0.15) is 5.52 Å². The van der Waals surface area contributed by atoms with Crippen LogP contribution in [0.15, 0.2) is 94.7 Å². The molecule has 0 spiro atoms. The molecular formula is C32H32N4O5S. The standard InChI is InChI=1S/C32H32N4O5S/c1-3-16-41-32(38)26-18-33-29-28(26)25-17-24(14-15-27(25)34-31(29)37)42(39,40)35(2)23-19-36(20-23)30(21-10-6-4-7-11-21)22-12-8-5-9-13-22/h4-15,17-18,23,30,33H,3,16,19-20H2,1-2H3,(H,34,37). The Labute approximate surface area is 243 Å². The summed E-state index contributed by atoms with van der Waals surface area (Å²) < 4.78 is 34.5. The van der Waals surface area contributed by atoms with Gasteiger partial charge < -0.3 is 14.7 Å². The zero-order chi connectivity index (χ0) is 29.4. The summed E-state index contributed by atoms with van der Waals surface area (Å²) in [5.74, 6) is -0.568. The number of likely N-dealkylation sites (N-methyl/N-ethyl adjacent to an activating group) is 1. The number of carbonyl (C=O) groups is 1. The molecule has 0 aliphatic carbocycles. The zero-order valence-electron chi connectivity index (χ0n) is 23.4. The molecule has 216 valence electrons. The number of nitrogens with zero attached hydrogens (tertiary/aromatic N) is 2. The molecule has 0 saturated carbocycles. The van der Waals surface area contributed by atoms with E-state index in [0.29, 0.717) is 35.8 Å². The topological polar surface area (TPSA) is 116 Å². The molecule has 0 bridgehead atoms. The van der Waals surface area contributed by atoms with E-state index in [4.69, 9.17) is 4.74 Å². The molecular weight excluding hydrogens is 552 g/mol. The van der Waals surface area contributed by atoms with Gasteiger partial charge in [-0.05, 0) is 35.7 Å². The molecule has 0 amide bonds. The first-order valence-corrected chi connectivity index (χ1v) is 15.4. The first-order valence-electron chi connectivity index (χ1n) is 14.0. The Hall–Kier alpha value is -4.25. The normalized spacial score (nSPS) is 14.6. The molecule has 3 aromatic carbocycles. The Balaban J connectivity index is 1.30. The van der Waals surface area contributed by atoms with Crippen LogP contribution in [0.5, 0.6) is 0 Å². The van der Waals surface area contributed by atoms with Crippen molar-refractivity contribution in [2.45, 2.75) is 30.3 Å². The number of hydrogen-bond acceptors (Lipinski definition) is 6. The molecule has 0 unspecified atom stereocenters. The molecule has 1 fully saturated rings. The van der Waals surface area contributed by atoms with Gasteiger partial charge >= 0.3 is 5.97 Å². The summed E-state index contributed by atoms with van der Waals surface area (Å²) >= 11 is 0. The average molecular weight is 585 g/mol. The predicted octanol–water partition coefficient (Wildman–Crippen LogP) is 4.67. The summed E-state index contributed by atoms with van der Waals surface area (Å²) in [5.41, 5.74) is 2.72. The van der Waals surface area contributed by atoms with E-state index in [9.17, 15) is 18.0 Å². The highest BCUT2D eigenvalue weighted by Gasteiger charge is 2.40. The first-order chi connectivity index (χ1) is 20.3. The monoisotopic (exact) mass is 584 g/mol. The summed E-state index contributed by atoms with van der Waals surface area (Å²) in [6.07, 6.45) is 2.09. The van der Waals surface area contributed by atoms with Gasteiger partial charge in [0.2, 0.25) is 10.0 Å². The van der Waals surface area contributed by atoms with Gasteiger partial charge in [-0.1, -0.05) is 67.6 Å². The van der Waals surface area contributed by atoms with E-state index < -0.39 is 21.6 Å². The lowest BCUT2D eigenvalue weighted by molar-refractivity contribution is 0.0507. The Kier molecular flexibility index (Phi) is 7.44. The van der Waals surface area contributed by atoms with Crippen molar-refractivity contribution < 1.29 is 17.9 Å². The van der Waals surface area contributed by atoms with Crippen LogP contribution in [-0.2, 0) is 14.8 Å². The summed E-state index contributed by atoms with van der Waals surface area (Å²) in [6, 6.07) is 24.8. The van der Waals surface area contributed by atoms with Crippen molar-refractivity contribution in [2.75, 3.05) is 26.7 Å². The minimum atomic E-state index is -3.89. The van der Waals surface area contributed by atoms with Crippen LogP contribution < -0.4 is 5.56 Å². The second-order valence-electron chi connectivity index (χ2n) is 10.6. The van der Waals surface area contributed by atoms with E-state index in [1.165, 1.54) is 22.6 Å². The van der Waals surface area contributed by atoms with Gasteiger partial charge in [-0.2, -0.15) is 4.31 Å². The number of hydrogen-bond donors (Lipinski definition) is 2. The lowest BCUT2D eigenvalue weighted by Crippen LogP contribution is -2.60. The molecule has 2 N–H and O–H groups in total. The van der Waals surface area contributed by atoms with Crippen molar-refractivity contribution >= 4 is 37.8 Å². The molecule has 5 aromatic rings. The van der Waals surface area contributed by atoms with Gasteiger partial charge in [0.15, 0.2) is 0 Å². The van der Waals surface area contributed by atoms with Crippen LogP contribution in [0, 0.1) is 0 Å². The number of pyridine rings is 1. The third-order valence-electron chi connectivity index (χ3n) is 7.95. The SMILES string of the molecule is CCCOC(=O)c1c[nH]c2c(=O)[nH]c3ccc(S(=O)(=O)N(C)C4CN(C(c5ccccc5)c5ccccc5)C4)cc3c12. The molecule has 6 rings (SSSR count). The number of benzene rings is 3. The van der Waals surface area contributed by atoms with E-state index in [2.05, 4.69) is 39.1 Å². The van der Waals surface area contributed by atoms with Crippen molar-refractivity contribution in [3.63, 3.8) is 0 Å². The lowest BCUT2D eigenvalue weighted by atomic mass is 9.93. The number of sulfonamides is 1. The highest BCUT2D eigenvalue weighted by atomic mass is 32.2. The summed E-state index contributed by atoms with van der Waals surface area (Å²) in [5, 5.41) is 0.796. The number of nitrogens with one attached hydrogen (secondary N) is 2. The lowest BCUT2D eigenvalue weighted by Gasteiger charge is -2.47. The molecule has 3 heterocycles. The Morgan fingerprint density at radius 1 is 1.02 bits per heavy atom. The third-order valence-corrected chi connectivity index (χ3v) is 9.86. The fourth-order valence-corrected chi connectivity index (χ4v) is 7.04. The molecule has 0 atom stereocenters. The minimum Gasteiger partial charge on any atom is -0.462 e. The van der Waals surface area contributed by atoms with E-state index in [0.717, 1.165) is 11.1 Å². The number of rotatable bonds is 9. The van der Waals surface area contributed by atoms with Crippen molar-refractivity contribution in [1.82, 2.24) is 19.2 Å². The average Bonchev–Trinajstić information content (AvgIpc) is 3.44. The maximum absolute atomic E-state index is 13.9. The van der Waals surface area contributed by atoms with Crippen LogP contribution in [0.25, 0.3) is 21.8 Å². The maximum Gasteiger partial charge on any atom is 0.340 e. The highest BCUT2D eigenvalue weighted by molar-refractivity contribution is 7.89. The van der Waals surface area contributed by atoms with Crippen LogP contribution in [0.3, 0.4) is 0 Å². The maximum atomic E-state index is 13.9. The molecule has 9 nitrogen and oxygen atoms in total. The molecule has 2 aromatic heterocycles. The molecule has 1 aliphatic heterocycles. The van der Waals surface area contributed by atoms with E-state index in [-0.39, 0.29) is 34.7 Å². The zero-order valence-corrected chi connectivity index (χ0v) is 24.2.